The third-order valence-corrected chi connectivity index (χ3v) is 6.24. The van der Waals surface area contributed by atoms with Gasteiger partial charge in [-0.3, -0.25) is 9.59 Å². The number of carbonyl (C=O) groups is 2. The number of fused-ring (bicyclic) bond motifs is 1. The van der Waals surface area contributed by atoms with Gasteiger partial charge in [0.15, 0.2) is 0 Å². The zero-order valence-corrected chi connectivity index (χ0v) is 14.2. The van der Waals surface area contributed by atoms with E-state index in [1.165, 1.54) is 36.3 Å². The molecule has 1 N–H and O–H groups in total. The van der Waals surface area contributed by atoms with Gasteiger partial charge in [0.05, 0.1) is 5.56 Å². The SMILES string of the molecule is O=C(c1ccccc1F)N1C[C@H]2CN(CC3CCC3)C[C@@]2(C(=O)O)C1. The van der Waals surface area contributed by atoms with Gasteiger partial charge >= 0.3 is 5.97 Å². The van der Waals surface area contributed by atoms with Crippen LogP contribution in [-0.4, -0.2) is 59.5 Å². The Bertz CT molecular complexity index is 706. The molecule has 1 aromatic rings. The van der Waals surface area contributed by atoms with Crippen LogP contribution in [0, 0.1) is 23.1 Å². The number of amides is 1. The zero-order chi connectivity index (χ0) is 17.6. The molecule has 1 saturated carbocycles. The van der Waals surface area contributed by atoms with Crippen LogP contribution in [0.4, 0.5) is 4.39 Å². The maximum Gasteiger partial charge on any atom is 0.313 e. The Balaban J connectivity index is 1.50. The van der Waals surface area contributed by atoms with Gasteiger partial charge in [-0.25, -0.2) is 4.39 Å². The highest BCUT2D eigenvalue weighted by Crippen LogP contribution is 2.44. The molecule has 2 aliphatic heterocycles. The lowest BCUT2D eigenvalue weighted by Crippen LogP contribution is -2.43. The van der Waals surface area contributed by atoms with Gasteiger partial charge in [0.25, 0.3) is 5.91 Å². The molecule has 4 rings (SSSR count). The number of nitrogens with zero attached hydrogens (tertiary/aromatic N) is 2. The first-order valence-electron chi connectivity index (χ1n) is 8.99. The van der Waals surface area contributed by atoms with Gasteiger partial charge in [-0.05, 0) is 30.9 Å². The summed E-state index contributed by atoms with van der Waals surface area (Å²) in [6.07, 6.45) is 3.75. The van der Waals surface area contributed by atoms with Crippen LogP contribution in [0.5, 0.6) is 0 Å². The predicted molar refractivity (Wildman–Crippen MR) is 89.6 cm³/mol. The van der Waals surface area contributed by atoms with Crippen molar-refractivity contribution in [1.29, 1.82) is 0 Å². The molecule has 25 heavy (non-hydrogen) atoms. The van der Waals surface area contributed by atoms with Gasteiger partial charge < -0.3 is 14.9 Å². The van der Waals surface area contributed by atoms with Crippen molar-refractivity contribution >= 4 is 11.9 Å². The number of hydrogen-bond donors (Lipinski definition) is 1. The molecule has 6 heteroatoms. The molecule has 0 radical (unpaired) electrons. The molecule has 3 aliphatic rings. The summed E-state index contributed by atoms with van der Waals surface area (Å²) in [5, 5.41) is 9.88. The first-order chi connectivity index (χ1) is 12.0. The maximum absolute atomic E-state index is 13.9. The van der Waals surface area contributed by atoms with E-state index in [1.807, 2.05) is 0 Å². The molecule has 1 aliphatic carbocycles. The standard InChI is InChI=1S/C19H23FN2O3/c20-16-7-2-1-6-15(16)17(23)22-10-14-9-21(8-13-4-3-5-13)11-19(14,12-22)18(24)25/h1-2,6-7,13-14H,3-5,8-12H2,(H,24,25)/t14-,19-/m1/s1. The second-order valence-electron chi connectivity index (χ2n) is 7.81. The van der Waals surface area contributed by atoms with Gasteiger partial charge in [0, 0.05) is 38.6 Å². The van der Waals surface area contributed by atoms with Crippen molar-refractivity contribution in [3.05, 3.63) is 35.6 Å². The van der Waals surface area contributed by atoms with Gasteiger partial charge in [-0.1, -0.05) is 18.6 Å². The quantitative estimate of drug-likeness (QED) is 0.907. The molecule has 1 aromatic carbocycles. The fraction of sp³-hybridized carbons (Fsp3) is 0.579. The number of likely N-dealkylation sites (tertiary alicyclic amines) is 2. The largest absolute Gasteiger partial charge is 0.481 e. The van der Waals surface area contributed by atoms with Crippen LogP contribution in [0.15, 0.2) is 24.3 Å². The summed E-state index contributed by atoms with van der Waals surface area (Å²) in [6, 6.07) is 5.89. The van der Waals surface area contributed by atoms with E-state index < -0.39 is 23.1 Å². The van der Waals surface area contributed by atoms with Crippen molar-refractivity contribution in [2.75, 3.05) is 32.7 Å². The van der Waals surface area contributed by atoms with E-state index in [1.54, 1.807) is 12.1 Å². The number of halogens is 1. The van der Waals surface area contributed by atoms with E-state index in [2.05, 4.69) is 4.90 Å². The van der Waals surface area contributed by atoms with E-state index in [0.717, 1.165) is 6.54 Å². The van der Waals surface area contributed by atoms with Gasteiger partial charge in [-0.15, -0.1) is 0 Å². The molecular weight excluding hydrogens is 323 g/mol. The van der Waals surface area contributed by atoms with Crippen LogP contribution in [0.3, 0.4) is 0 Å². The van der Waals surface area contributed by atoms with Crippen molar-refractivity contribution < 1.29 is 19.1 Å². The molecule has 5 nitrogen and oxygen atoms in total. The fourth-order valence-corrected chi connectivity index (χ4v) is 4.61. The molecule has 134 valence electrons. The first kappa shape index (κ1) is 16.5. The Morgan fingerprint density at radius 3 is 2.56 bits per heavy atom. The lowest BCUT2D eigenvalue weighted by atomic mass is 9.81. The van der Waals surface area contributed by atoms with Crippen molar-refractivity contribution in [2.24, 2.45) is 17.3 Å². The van der Waals surface area contributed by atoms with Crippen molar-refractivity contribution in [2.45, 2.75) is 19.3 Å². The lowest BCUT2D eigenvalue weighted by molar-refractivity contribution is -0.148. The number of hydrogen-bond acceptors (Lipinski definition) is 3. The van der Waals surface area contributed by atoms with E-state index in [0.29, 0.717) is 25.6 Å². The molecule has 3 fully saturated rings. The average molecular weight is 346 g/mol. The molecule has 2 heterocycles. The monoisotopic (exact) mass is 346 g/mol. The normalized spacial score (nSPS) is 29.5. The summed E-state index contributed by atoms with van der Waals surface area (Å²) in [7, 11) is 0. The van der Waals surface area contributed by atoms with E-state index >= 15 is 0 Å². The van der Waals surface area contributed by atoms with Crippen LogP contribution in [0.2, 0.25) is 0 Å². The molecule has 0 aromatic heterocycles. The highest BCUT2D eigenvalue weighted by molar-refractivity contribution is 5.95. The molecular formula is C19H23FN2O3. The second kappa shape index (κ2) is 6.09. The molecule has 1 amide bonds. The van der Waals surface area contributed by atoms with E-state index in [4.69, 9.17) is 0 Å². The van der Waals surface area contributed by atoms with Gasteiger partial charge in [-0.2, -0.15) is 0 Å². The number of aliphatic carboxylic acids is 1. The Morgan fingerprint density at radius 1 is 1.20 bits per heavy atom. The van der Waals surface area contributed by atoms with Crippen LogP contribution in [0.25, 0.3) is 0 Å². The van der Waals surface area contributed by atoms with Gasteiger partial charge in [0.1, 0.15) is 11.2 Å². The molecule has 0 bridgehead atoms. The Labute approximate surface area is 146 Å². The summed E-state index contributed by atoms with van der Waals surface area (Å²) in [6.45, 7) is 2.73. The minimum atomic E-state index is -0.912. The maximum atomic E-state index is 13.9. The minimum Gasteiger partial charge on any atom is -0.481 e. The van der Waals surface area contributed by atoms with Crippen molar-refractivity contribution in [3.8, 4) is 0 Å². The highest BCUT2D eigenvalue weighted by atomic mass is 19.1. The summed E-state index contributed by atoms with van der Waals surface area (Å²) in [5.74, 6) is -1.18. The minimum absolute atomic E-state index is 0.0225. The number of rotatable bonds is 4. The van der Waals surface area contributed by atoms with Crippen LogP contribution < -0.4 is 0 Å². The van der Waals surface area contributed by atoms with Crippen LogP contribution in [-0.2, 0) is 4.79 Å². The summed E-state index contributed by atoms with van der Waals surface area (Å²) < 4.78 is 13.9. The third kappa shape index (κ3) is 2.72. The fourth-order valence-electron chi connectivity index (χ4n) is 4.61. The van der Waals surface area contributed by atoms with Crippen molar-refractivity contribution in [1.82, 2.24) is 9.80 Å². The Hall–Kier alpha value is -1.95. The first-order valence-corrected chi connectivity index (χ1v) is 8.99. The molecule has 2 saturated heterocycles. The zero-order valence-electron chi connectivity index (χ0n) is 14.2. The van der Waals surface area contributed by atoms with E-state index in [-0.39, 0.29) is 18.0 Å². The number of benzene rings is 1. The number of carboxylic acids is 1. The Kier molecular flexibility index (Phi) is 4.02. The van der Waals surface area contributed by atoms with Crippen LogP contribution >= 0.6 is 0 Å². The van der Waals surface area contributed by atoms with Crippen molar-refractivity contribution in [3.63, 3.8) is 0 Å². The summed E-state index contributed by atoms with van der Waals surface area (Å²) >= 11 is 0. The van der Waals surface area contributed by atoms with Gasteiger partial charge in [0.2, 0.25) is 0 Å². The highest BCUT2D eigenvalue weighted by Gasteiger charge is 2.58. The topological polar surface area (TPSA) is 60.9 Å². The second-order valence-corrected chi connectivity index (χ2v) is 7.81. The van der Waals surface area contributed by atoms with E-state index in [9.17, 15) is 19.1 Å². The average Bonchev–Trinajstić information content (AvgIpc) is 3.05. The molecule has 0 unspecified atom stereocenters. The third-order valence-electron chi connectivity index (χ3n) is 6.24. The summed E-state index contributed by atoms with van der Waals surface area (Å²) in [5.41, 5.74) is -0.890. The summed E-state index contributed by atoms with van der Waals surface area (Å²) in [4.78, 5) is 28.5. The molecule has 0 spiro atoms. The van der Waals surface area contributed by atoms with Crippen LogP contribution in [0.1, 0.15) is 29.6 Å². The Morgan fingerprint density at radius 2 is 1.96 bits per heavy atom. The smallest absolute Gasteiger partial charge is 0.313 e. The lowest BCUT2D eigenvalue weighted by Gasteiger charge is -2.31. The predicted octanol–water partition coefficient (Wildman–Crippen LogP) is 2.08. The molecule has 2 atom stereocenters. The number of carboxylic acid groups (broad SMARTS) is 1. The number of carbonyl (C=O) groups excluding carboxylic acids is 1.